The molecule has 5 rings (SSSR count). The van der Waals surface area contributed by atoms with Gasteiger partial charge in [-0.3, -0.25) is 9.56 Å². The molecular formula is C32H38ClFN10OS. The van der Waals surface area contributed by atoms with Gasteiger partial charge in [-0.15, -0.1) is 0 Å². The monoisotopic (exact) mass is 664 g/mol. The van der Waals surface area contributed by atoms with Crippen LogP contribution in [0.25, 0.3) is 28.0 Å². The molecular weight excluding hydrogens is 627 g/mol. The Labute approximate surface area is 275 Å². The molecule has 0 bridgehead atoms. The Morgan fingerprint density at radius 3 is 2.67 bits per heavy atom. The number of nitrogens with one attached hydrogen (secondary N) is 3. The predicted octanol–water partition coefficient (Wildman–Crippen LogP) is 5.24. The van der Waals surface area contributed by atoms with Crippen LogP contribution < -0.4 is 27.8 Å². The Morgan fingerprint density at radius 1 is 1.15 bits per heavy atom. The normalized spacial score (nSPS) is 12.1. The van der Waals surface area contributed by atoms with Crippen LogP contribution in [-0.2, 0) is 13.0 Å². The molecule has 0 radical (unpaired) electrons. The summed E-state index contributed by atoms with van der Waals surface area (Å²) in [5, 5.41) is 8.30. The van der Waals surface area contributed by atoms with Gasteiger partial charge in [0.15, 0.2) is 11.8 Å². The Morgan fingerprint density at radius 2 is 1.96 bits per heavy atom. The molecule has 7 N–H and O–H groups in total. The number of halogens is 2. The van der Waals surface area contributed by atoms with Crippen LogP contribution in [0.1, 0.15) is 44.2 Å². The maximum absolute atomic E-state index is 15.2. The van der Waals surface area contributed by atoms with E-state index in [1.807, 2.05) is 30.3 Å². The topological polar surface area (TPSA) is 165 Å². The zero-order chi connectivity index (χ0) is 32.6. The van der Waals surface area contributed by atoms with E-state index in [4.69, 9.17) is 23.1 Å². The lowest BCUT2D eigenvalue weighted by molar-refractivity contribution is 0.503. The van der Waals surface area contributed by atoms with E-state index in [0.717, 1.165) is 35.5 Å². The second kappa shape index (κ2) is 15.3. The number of hydrogen-bond donors (Lipinski definition) is 5. The fraction of sp³-hybridized carbons (Fsp3) is 0.344. The standard InChI is InChI=1S/C32H38ClFN10OS/c1-19(2)4-3-5-21-12-25(28(34)26(33)13-21)27-14-22-17-44(32(45)43-29(22)42-27)24-8-6-20(7-9-24)15-38-23(10-11-37-30(35)36)16-39-31-40-18-41-46-31/h6-9,12-14,17-19,23,38H,3-5,10-11,15-16H2,1-2H3,(H4,35,36,37)(H,39,40,41)(H,42,43,45)/t23-/m1/s1. The van der Waals surface area contributed by atoms with Gasteiger partial charge in [0.1, 0.15) is 12.0 Å². The number of guanidine groups is 1. The van der Waals surface area contributed by atoms with Crippen molar-refractivity contribution in [2.24, 2.45) is 22.4 Å². The molecule has 0 saturated carbocycles. The average molecular weight is 665 g/mol. The van der Waals surface area contributed by atoms with Crippen LogP contribution in [0.3, 0.4) is 0 Å². The van der Waals surface area contributed by atoms with Gasteiger partial charge >= 0.3 is 5.69 Å². The molecule has 3 aromatic heterocycles. The summed E-state index contributed by atoms with van der Waals surface area (Å²) in [6, 6.07) is 13.0. The average Bonchev–Trinajstić information content (AvgIpc) is 3.69. The minimum atomic E-state index is -0.505. The van der Waals surface area contributed by atoms with Gasteiger partial charge in [0.05, 0.1) is 16.4 Å². The van der Waals surface area contributed by atoms with Crippen molar-refractivity contribution in [1.82, 2.24) is 29.2 Å². The van der Waals surface area contributed by atoms with Crippen LogP contribution in [0, 0.1) is 11.7 Å². The second-order valence-corrected chi connectivity index (χ2v) is 12.8. The minimum absolute atomic E-state index is 0.0588. The van der Waals surface area contributed by atoms with Gasteiger partial charge in [0.2, 0.25) is 5.13 Å². The van der Waals surface area contributed by atoms with E-state index >= 15 is 4.39 Å². The predicted molar refractivity (Wildman–Crippen MR) is 184 cm³/mol. The lowest BCUT2D eigenvalue weighted by Gasteiger charge is -2.18. The fourth-order valence-electron chi connectivity index (χ4n) is 5.15. The molecule has 11 nitrogen and oxygen atoms in total. The highest BCUT2D eigenvalue weighted by atomic mass is 35.5. The number of aryl methyl sites for hydroxylation is 1. The molecule has 5 aromatic rings. The number of H-pyrrole nitrogens is 1. The van der Waals surface area contributed by atoms with Gasteiger partial charge in [0.25, 0.3) is 0 Å². The Kier molecular flexibility index (Phi) is 11.0. The number of aromatic amines is 1. The first-order valence-corrected chi connectivity index (χ1v) is 16.3. The maximum Gasteiger partial charge on any atom is 0.354 e. The van der Waals surface area contributed by atoms with Crippen LogP contribution in [0.5, 0.6) is 0 Å². The van der Waals surface area contributed by atoms with Crippen molar-refractivity contribution in [1.29, 1.82) is 0 Å². The van der Waals surface area contributed by atoms with Gasteiger partial charge in [-0.1, -0.05) is 44.0 Å². The maximum atomic E-state index is 15.2. The molecule has 14 heteroatoms. The van der Waals surface area contributed by atoms with Crippen molar-refractivity contribution in [3.63, 3.8) is 0 Å². The number of nitrogens with zero attached hydrogens (tertiary/aromatic N) is 5. The highest BCUT2D eigenvalue weighted by molar-refractivity contribution is 7.09. The Bertz CT molecular complexity index is 1830. The molecule has 0 saturated heterocycles. The third-order valence-corrected chi connectivity index (χ3v) is 8.47. The first kappa shape index (κ1) is 33.0. The van der Waals surface area contributed by atoms with Crippen molar-refractivity contribution in [3.05, 3.63) is 87.4 Å². The molecule has 3 heterocycles. The molecule has 0 aliphatic carbocycles. The van der Waals surface area contributed by atoms with Crippen molar-refractivity contribution >= 4 is 45.3 Å². The lowest BCUT2D eigenvalue weighted by Crippen LogP contribution is -2.36. The molecule has 1 atom stereocenters. The van der Waals surface area contributed by atoms with Crippen molar-refractivity contribution in [2.45, 2.75) is 52.1 Å². The van der Waals surface area contributed by atoms with E-state index in [-0.39, 0.29) is 17.0 Å². The smallest absolute Gasteiger partial charge is 0.354 e. The number of anilines is 1. The fourth-order valence-corrected chi connectivity index (χ4v) is 5.83. The van der Waals surface area contributed by atoms with E-state index < -0.39 is 11.5 Å². The number of hydrogen-bond acceptors (Lipinski definition) is 8. The summed E-state index contributed by atoms with van der Waals surface area (Å²) in [6.45, 7) is 6.05. The second-order valence-electron chi connectivity index (χ2n) is 11.6. The summed E-state index contributed by atoms with van der Waals surface area (Å²) in [6.07, 6.45) is 6.80. The summed E-state index contributed by atoms with van der Waals surface area (Å²) in [4.78, 5) is 28.6. The van der Waals surface area contributed by atoms with E-state index in [2.05, 4.69) is 48.8 Å². The number of rotatable bonds is 15. The molecule has 242 valence electrons. The van der Waals surface area contributed by atoms with Crippen LogP contribution in [0.2, 0.25) is 5.02 Å². The summed E-state index contributed by atoms with van der Waals surface area (Å²) in [7, 11) is 0. The molecule has 0 aliphatic heterocycles. The SMILES string of the molecule is CC(C)CCCc1cc(Cl)c(F)c(-c2cc3cn(-c4ccc(CN[C@H](CCN=C(N)N)CNc5ncns5)cc4)c(=O)nc3[nH]2)c1. The van der Waals surface area contributed by atoms with Gasteiger partial charge in [-0.05, 0) is 66.6 Å². The molecule has 0 aliphatic rings. The number of aliphatic imine (C=N–C) groups is 1. The summed E-state index contributed by atoms with van der Waals surface area (Å²) in [5.41, 5.74) is 14.4. The largest absolute Gasteiger partial charge is 0.370 e. The minimum Gasteiger partial charge on any atom is -0.370 e. The zero-order valence-electron chi connectivity index (χ0n) is 25.8. The van der Waals surface area contributed by atoms with Gasteiger partial charge < -0.3 is 27.1 Å². The van der Waals surface area contributed by atoms with E-state index in [9.17, 15) is 4.79 Å². The molecule has 0 unspecified atom stereocenters. The third kappa shape index (κ3) is 8.68. The number of aromatic nitrogens is 5. The quantitative estimate of drug-likeness (QED) is 0.0749. The van der Waals surface area contributed by atoms with Gasteiger partial charge in [0, 0.05) is 54.4 Å². The summed E-state index contributed by atoms with van der Waals surface area (Å²) >= 11 is 7.57. The molecule has 0 fully saturated rings. The first-order chi connectivity index (χ1) is 22.2. The van der Waals surface area contributed by atoms with Crippen molar-refractivity contribution in [3.8, 4) is 16.9 Å². The highest BCUT2D eigenvalue weighted by Gasteiger charge is 2.16. The zero-order valence-corrected chi connectivity index (χ0v) is 27.3. The molecule has 0 spiro atoms. The number of benzene rings is 2. The number of fused-ring (bicyclic) bond motifs is 1. The molecule has 2 aromatic carbocycles. The lowest BCUT2D eigenvalue weighted by atomic mass is 10.00. The Balaban J connectivity index is 1.30. The van der Waals surface area contributed by atoms with E-state index in [0.29, 0.717) is 60.0 Å². The highest BCUT2D eigenvalue weighted by Crippen LogP contribution is 2.31. The summed E-state index contributed by atoms with van der Waals surface area (Å²) in [5.74, 6) is 0.148. The van der Waals surface area contributed by atoms with Crippen LogP contribution in [-0.4, -0.2) is 49.0 Å². The van der Waals surface area contributed by atoms with Crippen LogP contribution in [0.15, 0.2) is 64.8 Å². The first-order valence-electron chi connectivity index (χ1n) is 15.2. The van der Waals surface area contributed by atoms with Crippen LogP contribution >= 0.6 is 23.1 Å². The van der Waals surface area contributed by atoms with Gasteiger partial charge in [-0.2, -0.15) is 9.36 Å². The third-order valence-electron chi connectivity index (χ3n) is 7.58. The van der Waals surface area contributed by atoms with Crippen molar-refractivity contribution in [2.75, 3.05) is 18.4 Å². The van der Waals surface area contributed by atoms with Gasteiger partial charge in [-0.25, -0.2) is 14.2 Å². The van der Waals surface area contributed by atoms with E-state index in [1.165, 1.54) is 22.4 Å². The molecule has 0 amide bonds. The van der Waals surface area contributed by atoms with Crippen LogP contribution in [0.4, 0.5) is 9.52 Å². The number of nitrogens with two attached hydrogens (primary N) is 2. The summed E-state index contributed by atoms with van der Waals surface area (Å²) < 4.78 is 20.6. The molecule has 46 heavy (non-hydrogen) atoms. The Hall–Kier alpha value is -4.33. The van der Waals surface area contributed by atoms with Crippen molar-refractivity contribution < 1.29 is 4.39 Å². The van der Waals surface area contributed by atoms with E-state index in [1.54, 1.807) is 18.3 Å².